The molecular weight excluding hydrogens is 342 g/mol. The summed E-state index contributed by atoms with van der Waals surface area (Å²) in [4.78, 5) is 21.4. The standard InChI is InChI=1S/C20H33N5O2/c1-20(2,25-8-4-3-5-9-25)16-23-19(26)22-15-17-6-7-21-18(14-17)24-10-12-27-13-11-24/h6-7,14H,3-5,8-13,15-16H2,1-2H3,(H2,22,23,26). The summed E-state index contributed by atoms with van der Waals surface area (Å²) in [5.41, 5.74) is 1.04. The summed E-state index contributed by atoms with van der Waals surface area (Å²) in [6.07, 6.45) is 5.63. The van der Waals surface area contributed by atoms with Crippen LogP contribution in [0.5, 0.6) is 0 Å². The Kier molecular flexibility index (Phi) is 6.90. The third-order valence-electron chi connectivity index (χ3n) is 5.49. The fraction of sp³-hybridized carbons (Fsp3) is 0.700. The highest BCUT2D eigenvalue weighted by Gasteiger charge is 2.28. The molecule has 0 aliphatic carbocycles. The van der Waals surface area contributed by atoms with Gasteiger partial charge in [0, 0.05) is 37.9 Å². The molecule has 0 spiro atoms. The fourth-order valence-electron chi connectivity index (χ4n) is 3.69. The van der Waals surface area contributed by atoms with E-state index < -0.39 is 0 Å². The Morgan fingerprint density at radius 1 is 1.15 bits per heavy atom. The van der Waals surface area contributed by atoms with Crippen molar-refractivity contribution in [3.05, 3.63) is 23.9 Å². The van der Waals surface area contributed by atoms with Crippen LogP contribution in [0.25, 0.3) is 0 Å². The lowest BCUT2D eigenvalue weighted by molar-refractivity contribution is 0.0960. The average molecular weight is 376 g/mol. The molecule has 0 bridgehead atoms. The first-order chi connectivity index (χ1) is 13.0. The highest BCUT2D eigenvalue weighted by atomic mass is 16.5. The summed E-state index contributed by atoms with van der Waals surface area (Å²) in [6, 6.07) is 3.87. The number of anilines is 1. The number of aromatic nitrogens is 1. The van der Waals surface area contributed by atoms with Crippen LogP contribution in [0.2, 0.25) is 0 Å². The van der Waals surface area contributed by atoms with Gasteiger partial charge in [-0.2, -0.15) is 0 Å². The maximum atomic E-state index is 12.2. The van der Waals surface area contributed by atoms with Crippen LogP contribution in [0.15, 0.2) is 18.3 Å². The van der Waals surface area contributed by atoms with Gasteiger partial charge in [0.2, 0.25) is 0 Å². The van der Waals surface area contributed by atoms with Gasteiger partial charge in [0.15, 0.2) is 0 Å². The van der Waals surface area contributed by atoms with Crippen LogP contribution in [-0.4, -0.2) is 67.4 Å². The first-order valence-electron chi connectivity index (χ1n) is 10.1. The molecule has 0 radical (unpaired) electrons. The Labute approximate surface area is 162 Å². The number of hydrogen-bond acceptors (Lipinski definition) is 5. The first kappa shape index (κ1) is 19.9. The van der Waals surface area contributed by atoms with Crippen molar-refractivity contribution in [2.75, 3.05) is 50.8 Å². The fourth-order valence-corrected chi connectivity index (χ4v) is 3.69. The van der Waals surface area contributed by atoms with Crippen molar-refractivity contribution >= 4 is 11.8 Å². The predicted octanol–water partition coefficient (Wildman–Crippen LogP) is 1.98. The number of carbonyl (C=O) groups excluding carboxylic acids is 1. The Hall–Kier alpha value is -1.86. The smallest absolute Gasteiger partial charge is 0.315 e. The molecule has 7 nitrogen and oxygen atoms in total. The zero-order valence-electron chi connectivity index (χ0n) is 16.7. The van der Waals surface area contributed by atoms with Crippen LogP contribution < -0.4 is 15.5 Å². The second-order valence-electron chi connectivity index (χ2n) is 8.02. The summed E-state index contributed by atoms with van der Waals surface area (Å²) in [5.74, 6) is 0.948. The molecule has 2 fully saturated rings. The number of hydrogen-bond donors (Lipinski definition) is 2. The number of urea groups is 1. The van der Waals surface area contributed by atoms with E-state index in [1.54, 1.807) is 6.20 Å². The largest absolute Gasteiger partial charge is 0.378 e. The number of rotatable bonds is 6. The van der Waals surface area contributed by atoms with Gasteiger partial charge in [-0.1, -0.05) is 6.42 Å². The Bertz CT molecular complexity index is 610. The van der Waals surface area contributed by atoms with Crippen molar-refractivity contribution in [3.8, 4) is 0 Å². The molecule has 0 saturated carbocycles. The molecule has 7 heteroatoms. The van der Waals surface area contributed by atoms with E-state index >= 15 is 0 Å². The monoisotopic (exact) mass is 375 g/mol. The molecule has 150 valence electrons. The molecule has 2 N–H and O–H groups in total. The second kappa shape index (κ2) is 9.37. The van der Waals surface area contributed by atoms with Crippen LogP contribution in [0, 0.1) is 0 Å². The lowest BCUT2D eigenvalue weighted by Gasteiger charge is -2.41. The zero-order valence-corrected chi connectivity index (χ0v) is 16.7. The van der Waals surface area contributed by atoms with Crippen molar-refractivity contribution in [1.82, 2.24) is 20.5 Å². The molecule has 0 unspecified atom stereocenters. The van der Waals surface area contributed by atoms with Gasteiger partial charge in [-0.05, 0) is 57.5 Å². The number of nitrogens with zero attached hydrogens (tertiary/aromatic N) is 3. The van der Waals surface area contributed by atoms with E-state index in [-0.39, 0.29) is 11.6 Å². The van der Waals surface area contributed by atoms with E-state index in [0.717, 1.165) is 50.8 Å². The number of morpholine rings is 1. The minimum atomic E-state index is -0.121. The van der Waals surface area contributed by atoms with Gasteiger partial charge in [0.25, 0.3) is 0 Å². The van der Waals surface area contributed by atoms with Gasteiger partial charge >= 0.3 is 6.03 Å². The van der Waals surface area contributed by atoms with Gasteiger partial charge in [-0.15, -0.1) is 0 Å². The van der Waals surface area contributed by atoms with E-state index in [0.29, 0.717) is 13.1 Å². The maximum Gasteiger partial charge on any atom is 0.315 e. The summed E-state index contributed by atoms with van der Waals surface area (Å²) < 4.78 is 5.39. The number of nitrogens with one attached hydrogen (secondary N) is 2. The number of piperidine rings is 1. The molecule has 1 aromatic heterocycles. The van der Waals surface area contributed by atoms with Crippen molar-refractivity contribution in [2.45, 2.75) is 45.2 Å². The maximum absolute atomic E-state index is 12.2. The van der Waals surface area contributed by atoms with Crippen molar-refractivity contribution in [1.29, 1.82) is 0 Å². The molecule has 27 heavy (non-hydrogen) atoms. The Morgan fingerprint density at radius 3 is 2.63 bits per heavy atom. The molecule has 2 saturated heterocycles. The van der Waals surface area contributed by atoms with Crippen molar-refractivity contribution in [2.24, 2.45) is 0 Å². The van der Waals surface area contributed by atoms with Crippen molar-refractivity contribution in [3.63, 3.8) is 0 Å². The molecule has 3 heterocycles. The highest BCUT2D eigenvalue weighted by Crippen LogP contribution is 2.19. The Balaban J connectivity index is 1.44. The molecule has 1 aromatic rings. The topological polar surface area (TPSA) is 69.7 Å². The van der Waals surface area contributed by atoms with E-state index in [4.69, 9.17) is 4.74 Å². The van der Waals surface area contributed by atoms with Crippen LogP contribution in [0.4, 0.5) is 10.6 Å². The second-order valence-corrected chi connectivity index (χ2v) is 8.02. The lowest BCUT2D eigenvalue weighted by atomic mass is 9.98. The molecule has 2 aliphatic rings. The van der Waals surface area contributed by atoms with E-state index in [2.05, 4.69) is 39.3 Å². The van der Waals surface area contributed by atoms with Gasteiger partial charge in [-0.3, -0.25) is 4.90 Å². The van der Waals surface area contributed by atoms with Crippen LogP contribution >= 0.6 is 0 Å². The van der Waals surface area contributed by atoms with Crippen molar-refractivity contribution < 1.29 is 9.53 Å². The van der Waals surface area contributed by atoms with Gasteiger partial charge in [0.05, 0.1) is 13.2 Å². The lowest BCUT2D eigenvalue weighted by Crippen LogP contribution is -2.54. The predicted molar refractivity (Wildman–Crippen MR) is 107 cm³/mol. The average Bonchev–Trinajstić information content (AvgIpc) is 2.72. The normalized spacial score (nSPS) is 19.0. The minimum absolute atomic E-state index is 0.0159. The quantitative estimate of drug-likeness (QED) is 0.796. The third-order valence-corrected chi connectivity index (χ3v) is 5.49. The highest BCUT2D eigenvalue weighted by molar-refractivity contribution is 5.73. The van der Waals surface area contributed by atoms with E-state index in [9.17, 15) is 4.79 Å². The number of likely N-dealkylation sites (tertiary alicyclic amines) is 1. The third kappa shape index (κ3) is 5.81. The summed E-state index contributed by atoms with van der Waals surface area (Å²) in [5, 5.41) is 6.00. The Morgan fingerprint density at radius 2 is 1.89 bits per heavy atom. The molecular formula is C20H33N5O2. The molecule has 0 aromatic carbocycles. The molecule has 2 aliphatic heterocycles. The van der Waals surface area contributed by atoms with E-state index in [1.165, 1.54) is 19.3 Å². The van der Waals surface area contributed by atoms with Gasteiger partial charge in [0.1, 0.15) is 5.82 Å². The number of ether oxygens (including phenoxy) is 1. The SMILES string of the molecule is CC(C)(CNC(=O)NCc1ccnc(N2CCOCC2)c1)N1CCCCC1. The first-order valence-corrected chi connectivity index (χ1v) is 10.1. The van der Waals surface area contributed by atoms with Crippen LogP contribution in [0.3, 0.4) is 0 Å². The van der Waals surface area contributed by atoms with Gasteiger partial charge in [-0.25, -0.2) is 9.78 Å². The number of pyridine rings is 1. The minimum Gasteiger partial charge on any atom is -0.378 e. The van der Waals surface area contributed by atoms with E-state index in [1.807, 2.05) is 12.1 Å². The molecule has 3 rings (SSSR count). The summed E-state index contributed by atoms with van der Waals surface area (Å²) >= 11 is 0. The van der Waals surface area contributed by atoms with Gasteiger partial charge < -0.3 is 20.3 Å². The summed E-state index contributed by atoms with van der Waals surface area (Å²) in [7, 11) is 0. The van der Waals surface area contributed by atoms with Crippen LogP contribution in [-0.2, 0) is 11.3 Å². The van der Waals surface area contributed by atoms with Crippen LogP contribution in [0.1, 0.15) is 38.7 Å². The molecule has 2 amide bonds. The number of amides is 2. The number of carbonyl (C=O) groups is 1. The molecule has 0 atom stereocenters. The summed E-state index contributed by atoms with van der Waals surface area (Å²) in [6.45, 7) is 11.0. The zero-order chi connectivity index (χ0) is 19.1.